The van der Waals surface area contributed by atoms with E-state index in [2.05, 4.69) is 9.88 Å². The number of hydrogen-bond donors (Lipinski definition) is 3. The molecule has 2 aromatic carbocycles. The van der Waals surface area contributed by atoms with E-state index in [4.69, 9.17) is 19.2 Å². The third-order valence-electron chi connectivity index (χ3n) is 6.64. The minimum atomic E-state index is -0.707. The minimum absolute atomic E-state index is 0.155. The van der Waals surface area contributed by atoms with Crippen LogP contribution in [0.15, 0.2) is 67.0 Å². The van der Waals surface area contributed by atoms with Gasteiger partial charge < -0.3 is 19.3 Å². The molecule has 1 amide bonds. The summed E-state index contributed by atoms with van der Waals surface area (Å²) < 4.78 is 16.7. The normalized spacial score (nSPS) is 14.6. The summed E-state index contributed by atoms with van der Waals surface area (Å²) in [6.07, 6.45) is 2.53. The number of hydroxylamine groups is 1. The molecule has 0 radical (unpaired) electrons. The summed E-state index contributed by atoms with van der Waals surface area (Å²) in [6.45, 7) is 3.83. The van der Waals surface area contributed by atoms with Gasteiger partial charge in [0, 0.05) is 43.0 Å². The molecular formula is C29H30N4O6. The highest BCUT2D eigenvalue weighted by molar-refractivity contribution is 6.09. The zero-order valence-corrected chi connectivity index (χ0v) is 21.5. The highest BCUT2D eigenvalue weighted by Gasteiger charge is 2.22. The highest BCUT2D eigenvalue weighted by Crippen LogP contribution is 2.36. The van der Waals surface area contributed by atoms with Crippen LogP contribution >= 0.6 is 0 Å². The van der Waals surface area contributed by atoms with Gasteiger partial charge in [0.2, 0.25) is 0 Å². The van der Waals surface area contributed by atoms with Crippen molar-refractivity contribution in [1.29, 1.82) is 0 Å². The van der Waals surface area contributed by atoms with Crippen LogP contribution in [-0.4, -0.2) is 83.8 Å². The number of nitrogens with one attached hydrogen (secondary N) is 1. The van der Waals surface area contributed by atoms with Crippen LogP contribution in [-0.2, 0) is 4.74 Å². The number of aliphatic hydroxyl groups is 1. The number of amides is 1. The molecule has 1 fully saturated rings. The first kappa shape index (κ1) is 26.5. The molecule has 10 nitrogen and oxygen atoms in total. The van der Waals surface area contributed by atoms with Crippen LogP contribution in [0.25, 0.3) is 33.3 Å². The molecule has 39 heavy (non-hydrogen) atoms. The maximum absolute atomic E-state index is 12.5. The molecule has 0 saturated carbocycles. The molecule has 1 saturated heterocycles. The number of aromatic nitrogens is 2. The van der Waals surface area contributed by atoms with Crippen molar-refractivity contribution in [3.05, 3.63) is 72.6 Å². The Balaban J connectivity index is 1.31. The smallest absolute Gasteiger partial charge is 0.279 e. The molecule has 0 bridgehead atoms. The second-order valence-corrected chi connectivity index (χ2v) is 9.18. The van der Waals surface area contributed by atoms with E-state index in [1.807, 2.05) is 48.5 Å². The minimum Gasteiger partial charge on any atom is -0.494 e. The molecule has 4 aromatic rings. The van der Waals surface area contributed by atoms with Crippen molar-refractivity contribution in [3.8, 4) is 33.9 Å². The van der Waals surface area contributed by atoms with Crippen molar-refractivity contribution in [2.24, 2.45) is 0 Å². The third kappa shape index (κ3) is 5.99. The summed E-state index contributed by atoms with van der Waals surface area (Å²) in [5, 5.41) is 20.1. The number of methoxy groups -OCH3 is 1. The van der Waals surface area contributed by atoms with Crippen LogP contribution in [0.2, 0.25) is 0 Å². The fourth-order valence-corrected chi connectivity index (χ4v) is 4.66. The number of rotatable bonds is 9. The Labute approximate surface area is 225 Å². The van der Waals surface area contributed by atoms with Crippen LogP contribution in [0.3, 0.4) is 0 Å². The van der Waals surface area contributed by atoms with Crippen molar-refractivity contribution < 1.29 is 29.3 Å². The zero-order valence-electron chi connectivity index (χ0n) is 21.5. The van der Waals surface area contributed by atoms with Gasteiger partial charge in [0.1, 0.15) is 24.2 Å². The molecular weight excluding hydrogens is 500 g/mol. The third-order valence-corrected chi connectivity index (χ3v) is 6.64. The summed E-state index contributed by atoms with van der Waals surface area (Å²) in [4.78, 5) is 23.5. The van der Waals surface area contributed by atoms with E-state index < -0.39 is 12.0 Å². The van der Waals surface area contributed by atoms with E-state index >= 15 is 0 Å². The van der Waals surface area contributed by atoms with E-state index in [0.717, 1.165) is 29.8 Å². The Morgan fingerprint density at radius 1 is 1.05 bits per heavy atom. The fraction of sp³-hybridized carbons (Fsp3) is 0.276. The summed E-state index contributed by atoms with van der Waals surface area (Å²) in [5.74, 6) is 0.221. The zero-order chi connectivity index (χ0) is 27.2. The summed E-state index contributed by atoms with van der Waals surface area (Å²) >= 11 is 0. The van der Waals surface area contributed by atoms with Gasteiger partial charge in [0.25, 0.3) is 5.91 Å². The number of carbonyl (C=O) groups excluding carboxylic acids is 1. The topological polar surface area (TPSA) is 126 Å². The number of morpholine rings is 1. The average Bonchev–Trinajstić information content (AvgIpc) is 2.99. The molecule has 0 spiro atoms. The van der Waals surface area contributed by atoms with Crippen molar-refractivity contribution in [1.82, 2.24) is 20.3 Å². The first-order chi connectivity index (χ1) is 19.1. The lowest BCUT2D eigenvalue weighted by atomic mass is 10.00. The lowest BCUT2D eigenvalue weighted by Gasteiger charge is -2.28. The average molecular weight is 531 g/mol. The monoisotopic (exact) mass is 530 g/mol. The van der Waals surface area contributed by atoms with Crippen LogP contribution in [0.1, 0.15) is 10.4 Å². The van der Waals surface area contributed by atoms with Crippen molar-refractivity contribution in [2.45, 2.75) is 6.10 Å². The predicted octanol–water partition coefficient (Wildman–Crippen LogP) is 3.16. The van der Waals surface area contributed by atoms with Crippen LogP contribution in [0, 0.1) is 0 Å². The summed E-state index contributed by atoms with van der Waals surface area (Å²) in [6, 6.07) is 17.1. The summed E-state index contributed by atoms with van der Waals surface area (Å²) in [7, 11) is 1.45. The van der Waals surface area contributed by atoms with E-state index in [1.165, 1.54) is 13.3 Å². The molecule has 202 valence electrons. The fourth-order valence-electron chi connectivity index (χ4n) is 4.66. The first-order valence-electron chi connectivity index (χ1n) is 12.7. The van der Waals surface area contributed by atoms with Gasteiger partial charge in [-0.1, -0.05) is 36.4 Å². The number of ether oxygens (including phenoxy) is 3. The maximum Gasteiger partial charge on any atom is 0.279 e. The molecule has 0 aliphatic carbocycles. The molecule has 1 aliphatic rings. The van der Waals surface area contributed by atoms with Gasteiger partial charge in [-0.25, -0.2) is 10.5 Å². The number of fused-ring (bicyclic) bond motifs is 1. The highest BCUT2D eigenvalue weighted by atomic mass is 16.5. The Morgan fingerprint density at radius 2 is 1.72 bits per heavy atom. The first-order valence-corrected chi connectivity index (χ1v) is 12.7. The number of β-amino-alcohol motifs (C(OH)–C–C–N with tert-alkyl or cyclic N) is 1. The van der Waals surface area contributed by atoms with Crippen molar-refractivity contribution in [2.75, 3.05) is 46.6 Å². The number of hydrogen-bond acceptors (Lipinski definition) is 9. The SMILES string of the molecule is COc1c(-c2ccc(-c3ccc(OCC(O)CN4CCOCC4)cc3)cc2)nc2ccncc2c1C(=O)NO. The van der Waals surface area contributed by atoms with E-state index in [-0.39, 0.29) is 17.9 Å². The number of nitrogens with zero attached hydrogens (tertiary/aromatic N) is 3. The Kier molecular flexibility index (Phi) is 8.28. The van der Waals surface area contributed by atoms with E-state index in [0.29, 0.717) is 42.1 Å². The maximum atomic E-state index is 12.5. The quantitative estimate of drug-likeness (QED) is 0.221. The van der Waals surface area contributed by atoms with Gasteiger partial charge >= 0.3 is 0 Å². The molecule has 2 aromatic heterocycles. The van der Waals surface area contributed by atoms with E-state index in [1.54, 1.807) is 17.7 Å². The standard InChI is InChI=1S/C29H30N4O6/c1-37-28-26(29(35)32-36)24-16-30-11-10-25(24)31-27(28)21-4-2-19(3-5-21)20-6-8-23(9-7-20)39-18-22(34)17-33-12-14-38-15-13-33/h2-11,16,22,34,36H,12-15,17-18H2,1H3,(H,32,35). The molecule has 3 N–H and O–H groups in total. The molecule has 5 rings (SSSR count). The van der Waals surface area contributed by atoms with Crippen molar-refractivity contribution >= 4 is 16.8 Å². The van der Waals surface area contributed by atoms with Crippen LogP contribution < -0.4 is 15.0 Å². The van der Waals surface area contributed by atoms with Gasteiger partial charge in [0.05, 0.1) is 31.4 Å². The van der Waals surface area contributed by atoms with E-state index in [9.17, 15) is 15.1 Å². The number of carbonyl (C=O) groups is 1. The van der Waals surface area contributed by atoms with Crippen LogP contribution in [0.4, 0.5) is 0 Å². The second-order valence-electron chi connectivity index (χ2n) is 9.18. The molecule has 1 aliphatic heterocycles. The second kappa shape index (κ2) is 12.2. The number of benzene rings is 2. The molecule has 1 atom stereocenters. The number of pyridine rings is 2. The Hall–Kier alpha value is -4.09. The van der Waals surface area contributed by atoms with Gasteiger partial charge in [0.15, 0.2) is 5.75 Å². The van der Waals surface area contributed by atoms with Crippen LogP contribution in [0.5, 0.6) is 11.5 Å². The molecule has 10 heteroatoms. The predicted molar refractivity (Wildman–Crippen MR) is 145 cm³/mol. The number of aliphatic hydroxyl groups excluding tert-OH is 1. The molecule has 1 unspecified atom stereocenters. The van der Waals surface area contributed by atoms with Gasteiger partial charge in [-0.3, -0.25) is 19.9 Å². The Morgan fingerprint density at radius 3 is 2.38 bits per heavy atom. The van der Waals surface area contributed by atoms with Gasteiger partial charge in [-0.2, -0.15) is 0 Å². The Bertz CT molecular complexity index is 1420. The summed E-state index contributed by atoms with van der Waals surface area (Å²) in [5.41, 5.74) is 5.59. The van der Waals surface area contributed by atoms with Crippen molar-refractivity contribution in [3.63, 3.8) is 0 Å². The molecule has 3 heterocycles. The van der Waals surface area contributed by atoms with Gasteiger partial charge in [-0.05, 0) is 29.3 Å². The van der Waals surface area contributed by atoms with Gasteiger partial charge in [-0.15, -0.1) is 0 Å². The lowest BCUT2D eigenvalue weighted by molar-refractivity contribution is 0.00465. The lowest BCUT2D eigenvalue weighted by Crippen LogP contribution is -2.42. The largest absolute Gasteiger partial charge is 0.494 e.